The minimum absolute atomic E-state index is 0.0963. The Morgan fingerprint density at radius 1 is 1.18 bits per heavy atom. The number of benzene rings is 1. The predicted molar refractivity (Wildman–Crippen MR) is 131 cm³/mol. The van der Waals surface area contributed by atoms with Crippen LogP contribution in [-0.2, 0) is 0 Å². The van der Waals surface area contributed by atoms with Crippen LogP contribution in [0.3, 0.4) is 0 Å². The number of anilines is 2. The highest BCUT2D eigenvalue weighted by molar-refractivity contribution is 5.96. The van der Waals surface area contributed by atoms with Gasteiger partial charge in [0.05, 0.1) is 17.6 Å². The summed E-state index contributed by atoms with van der Waals surface area (Å²) in [5, 5.41) is 3.28. The molecule has 1 aliphatic rings. The third kappa shape index (κ3) is 4.75. The summed E-state index contributed by atoms with van der Waals surface area (Å²) in [4.78, 5) is 30.7. The highest BCUT2D eigenvalue weighted by Crippen LogP contribution is 2.25. The van der Waals surface area contributed by atoms with Crippen molar-refractivity contribution in [1.82, 2.24) is 29.3 Å². The van der Waals surface area contributed by atoms with Crippen molar-refractivity contribution in [2.24, 2.45) is 0 Å². The first-order chi connectivity index (χ1) is 15.7. The molecule has 0 unspecified atom stereocenters. The van der Waals surface area contributed by atoms with Gasteiger partial charge in [0.1, 0.15) is 5.82 Å². The number of nitrogens with one attached hydrogen (secondary N) is 1. The normalized spacial score (nSPS) is 16.1. The van der Waals surface area contributed by atoms with Crippen molar-refractivity contribution in [3.05, 3.63) is 53.6 Å². The van der Waals surface area contributed by atoms with Crippen LogP contribution in [0, 0.1) is 13.8 Å². The van der Waals surface area contributed by atoms with Gasteiger partial charge in [0.2, 0.25) is 5.95 Å². The smallest absolute Gasteiger partial charge is 0.254 e. The minimum atomic E-state index is 0.0963. The highest BCUT2D eigenvalue weighted by atomic mass is 16.2. The number of hydrogen-bond donors (Lipinski definition) is 1. The van der Waals surface area contributed by atoms with E-state index in [4.69, 9.17) is 4.98 Å². The maximum Gasteiger partial charge on any atom is 0.254 e. The lowest BCUT2D eigenvalue weighted by atomic mass is 10.1. The molecule has 4 rings (SSSR count). The summed E-state index contributed by atoms with van der Waals surface area (Å²) in [7, 11) is 4.14. The van der Waals surface area contributed by atoms with Crippen LogP contribution >= 0.6 is 0 Å². The zero-order valence-electron chi connectivity index (χ0n) is 20.3. The molecule has 33 heavy (non-hydrogen) atoms. The lowest BCUT2D eigenvalue weighted by Gasteiger charge is -2.21. The van der Waals surface area contributed by atoms with Gasteiger partial charge in [0, 0.05) is 42.6 Å². The number of carbonyl (C=O) groups excluding carboxylic acids is 1. The second kappa shape index (κ2) is 9.31. The zero-order valence-corrected chi connectivity index (χ0v) is 20.3. The van der Waals surface area contributed by atoms with Gasteiger partial charge in [-0.2, -0.15) is 0 Å². The summed E-state index contributed by atoms with van der Waals surface area (Å²) in [6, 6.07) is 8.39. The first kappa shape index (κ1) is 22.9. The van der Waals surface area contributed by atoms with Crippen molar-refractivity contribution >= 4 is 17.5 Å². The van der Waals surface area contributed by atoms with E-state index >= 15 is 0 Å². The Kier molecular flexibility index (Phi) is 6.47. The van der Waals surface area contributed by atoms with E-state index in [2.05, 4.69) is 52.7 Å². The van der Waals surface area contributed by atoms with Crippen molar-refractivity contribution in [2.45, 2.75) is 46.2 Å². The maximum atomic E-state index is 13.1. The summed E-state index contributed by atoms with van der Waals surface area (Å²) in [6.45, 7) is 9.81. The number of likely N-dealkylation sites (N-methyl/N-ethyl adjacent to an activating group) is 1. The van der Waals surface area contributed by atoms with Crippen LogP contribution in [0.4, 0.5) is 11.6 Å². The van der Waals surface area contributed by atoms with Gasteiger partial charge in [-0.25, -0.2) is 15.0 Å². The maximum absolute atomic E-state index is 13.1. The summed E-state index contributed by atoms with van der Waals surface area (Å²) in [5.41, 5.74) is 4.30. The number of aryl methyl sites for hydroxylation is 2. The van der Waals surface area contributed by atoms with Crippen molar-refractivity contribution in [2.75, 3.05) is 32.5 Å². The van der Waals surface area contributed by atoms with E-state index in [9.17, 15) is 4.79 Å². The molecule has 8 nitrogen and oxygen atoms in total. The molecule has 3 aromatic rings. The Morgan fingerprint density at radius 3 is 2.64 bits per heavy atom. The Labute approximate surface area is 195 Å². The standard InChI is InChI=1S/C25H33N7O/c1-16(2)32-18(4)27-14-23(32)22-9-11-26-25(29-22)28-19-7-8-21(17(3)13-19)24(33)31-12-10-20(15-31)30(5)6/h7-9,11,13-14,16,20H,10,12,15H2,1-6H3,(H,26,28,29)/t20-/m0/s1. The van der Waals surface area contributed by atoms with Gasteiger partial charge < -0.3 is 19.7 Å². The van der Waals surface area contributed by atoms with Gasteiger partial charge >= 0.3 is 0 Å². The van der Waals surface area contributed by atoms with E-state index in [0.717, 1.165) is 53.5 Å². The molecular formula is C25H33N7O. The minimum Gasteiger partial charge on any atom is -0.337 e. The molecule has 1 amide bonds. The molecule has 0 spiro atoms. The van der Waals surface area contributed by atoms with Crippen LogP contribution < -0.4 is 5.32 Å². The van der Waals surface area contributed by atoms with Crippen molar-refractivity contribution in [1.29, 1.82) is 0 Å². The highest BCUT2D eigenvalue weighted by Gasteiger charge is 2.28. The lowest BCUT2D eigenvalue weighted by Crippen LogP contribution is -2.34. The third-order valence-electron chi connectivity index (χ3n) is 6.31. The average Bonchev–Trinajstić information content (AvgIpc) is 3.41. The van der Waals surface area contributed by atoms with Gasteiger partial charge in [-0.3, -0.25) is 4.79 Å². The molecule has 1 saturated heterocycles. The fraction of sp³-hybridized carbons (Fsp3) is 0.440. The molecule has 8 heteroatoms. The average molecular weight is 448 g/mol. The molecular weight excluding hydrogens is 414 g/mol. The topological polar surface area (TPSA) is 79.2 Å². The Balaban J connectivity index is 1.51. The third-order valence-corrected chi connectivity index (χ3v) is 6.31. The Morgan fingerprint density at radius 2 is 1.97 bits per heavy atom. The molecule has 1 N–H and O–H groups in total. The number of nitrogens with zero attached hydrogens (tertiary/aromatic N) is 6. The van der Waals surface area contributed by atoms with Crippen LogP contribution in [0.25, 0.3) is 11.4 Å². The van der Waals surface area contributed by atoms with Crippen LogP contribution in [0.2, 0.25) is 0 Å². The molecule has 1 atom stereocenters. The van der Waals surface area contributed by atoms with Crippen LogP contribution in [-0.4, -0.2) is 68.5 Å². The number of hydrogen-bond acceptors (Lipinski definition) is 6. The quantitative estimate of drug-likeness (QED) is 0.614. The van der Waals surface area contributed by atoms with Crippen LogP contribution in [0.1, 0.15) is 48.1 Å². The second-order valence-electron chi connectivity index (χ2n) is 9.23. The number of amides is 1. The number of aromatic nitrogens is 4. The number of rotatable bonds is 6. The Hall–Kier alpha value is -3.26. The molecule has 1 fully saturated rings. The number of likely N-dealkylation sites (tertiary alicyclic amines) is 1. The molecule has 0 bridgehead atoms. The summed E-state index contributed by atoms with van der Waals surface area (Å²) >= 11 is 0. The van der Waals surface area contributed by atoms with Gasteiger partial charge in [-0.15, -0.1) is 0 Å². The van der Waals surface area contributed by atoms with Gasteiger partial charge in [-0.1, -0.05) is 0 Å². The van der Waals surface area contributed by atoms with E-state index in [1.54, 1.807) is 6.20 Å². The largest absolute Gasteiger partial charge is 0.337 e. The van der Waals surface area contributed by atoms with Gasteiger partial charge in [0.15, 0.2) is 0 Å². The van der Waals surface area contributed by atoms with E-state index < -0.39 is 0 Å². The Bertz CT molecular complexity index is 1150. The van der Waals surface area contributed by atoms with Crippen molar-refractivity contribution in [3.63, 3.8) is 0 Å². The van der Waals surface area contributed by atoms with E-state index in [1.165, 1.54) is 0 Å². The SMILES string of the molecule is Cc1cc(Nc2nccc(-c3cnc(C)n3C(C)C)n2)ccc1C(=O)N1CC[C@H](N(C)C)C1. The van der Waals surface area contributed by atoms with Crippen molar-refractivity contribution < 1.29 is 4.79 Å². The van der Waals surface area contributed by atoms with Crippen LogP contribution in [0.15, 0.2) is 36.7 Å². The zero-order chi connectivity index (χ0) is 23.7. The second-order valence-corrected chi connectivity index (χ2v) is 9.23. The first-order valence-electron chi connectivity index (χ1n) is 11.4. The number of imidazole rings is 1. The molecule has 0 radical (unpaired) electrons. The molecule has 2 aromatic heterocycles. The van der Waals surface area contributed by atoms with Gasteiger partial charge in [-0.05, 0) is 78.0 Å². The molecule has 0 saturated carbocycles. The fourth-order valence-electron chi connectivity index (χ4n) is 4.48. The fourth-order valence-corrected chi connectivity index (χ4v) is 4.48. The molecule has 1 aromatic carbocycles. The predicted octanol–water partition coefficient (Wildman–Crippen LogP) is 4.06. The van der Waals surface area contributed by atoms with Crippen molar-refractivity contribution in [3.8, 4) is 11.4 Å². The molecule has 0 aliphatic carbocycles. The first-order valence-corrected chi connectivity index (χ1v) is 11.4. The van der Waals surface area contributed by atoms with E-state index in [1.807, 2.05) is 49.2 Å². The van der Waals surface area contributed by atoms with Crippen LogP contribution in [0.5, 0.6) is 0 Å². The molecule has 174 valence electrons. The molecule has 3 heterocycles. The molecule has 1 aliphatic heterocycles. The van der Waals surface area contributed by atoms with E-state index in [-0.39, 0.29) is 11.9 Å². The summed E-state index contributed by atoms with van der Waals surface area (Å²) in [6.07, 6.45) is 4.61. The van der Waals surface area contributed by atoms with Gasteiger partial charge in [0.25, 0.3) is 5.91 Å². The number of carbonyl (C=O) groups is 1. The lowest BCUT2D eigenvalue weighted by molar-refractivity contribution is 0.0782. The summed E-state index contributed by atoms with van der Waals surface area (Å²) < 4.78 is 2.16. The summed E-state index contributed by atoms with van der Waals surface area (Å²) in [5.74, 6) is 1.56. The van der Waals surface area contributed by atoms with E-state index in [0.29, 0.717) is 12.0 Å². The monoisotopic (exact) mass is 447 g/mol.